The maximum absolute atomic E-state index is 12.4. The van der Waals surface area contributed by atoms with Crippen molar-refractivity contribution in [2.24, 2.45) is 22.2 Å². The van der Waals surface area contributed by atoms with Crippen molar-refractivity contribution >= 4 is 26.1 Å². The first kappa shape index (κ1) is 17.2. The molecule has 0 aromatic heterocycles. The van der Waals surface area contributed by atoms with Crippen molar-refractivity contribution < 1.29 is 9.53 Å². The first-order valence-corrected chi connectivity index (χ1v) is 10.3. The van der Waals surface area contributed by atoms with Crippen LogP contribution in [0.5, 0.6) is 5.75 Å². The summed E-state index contributed by atoms with van der Waals surface area (Å²) in [5, 5.41) is 0. The summed E-state index contributed by atoms with van der Waals surface area (Å²) in [6.07, 6.45) is 6.48. The van der Waals surface area contributed by atoms with Gasteiger partial charge >= 0.3 is 122 Å². The smallest absolute Gasteiger partial charge is 0.299 e. The number of aliphatic imine (C=N–C) groups is 1. The number of fused-ring (bicyclic) bond motifs is 5. The third-order valence-electron chi connectivity index (χ3n) is 6.94. The van der Waals surface area contributed by atoms with Crippen LogP contribution >= 0.6 is 0 Å². The monoisotopic (exact) mass is 403 g/mol. The van der Waals surface area contributed by atoms with Gasteiger partial charge in [0.25, 0.3) is 0 Å². The zero-order valence-electron chi connectivity index (χ0n) is 14.8. The van der Waals surface area contributed by atoms with Crippen LogP contribution in [0.4, 0.5) is 0 Å². The molecule has 3 nitrogen and oxygen atoms in total. The zero-order valence-corrected chi connectivity index (χ0v) is 16.5. The van der Waals surface area contributed by atoms with Gasteiger partial charge in [0, 0.05) is 11.8 Å². The van der Waals surface area contributed by atoms with Gasteiger partial charge in [-0.3, -0.25) is 4.79 Å². The number of ketones is 1. The number of carbonyl (C=O) groups excluding carboxylic acids is 1. The molecule has 0 unspecified atom stereocenters. The van der Waals surface area contributed by atoms with E-state index in [2.05, 4.69) is 50.4 Å². The molecule has 0 spiro atoms. The fourth-order valence-electron chi connectivity index (χ4n) is 5.67. The molecule has 4 heteroatoms. The number of benzene rings is 1. The number of carbonyl (C=O) groups is 1. The number of hydrogen-bond acceptors (Lipinski definition) is 3. The average Bonchev–Trinajstić information content (AvgIpc) is 2.93. The maximum atomic E-state index is 12.4. The van der Waals surface area contributed by atoms with Crippen LogP contribution in [-0.2, 0) is 11.2 Å². The number of Topliss-reactive ketones (excluding diaryl/α,β-unsaturated/α-hetero) is 1. The molecule has 3 aliphatic carbocycles. The first-order valence-electron chi connectivity index (χ1n) is 9.46. The molecule has 4 rings (SSSR count). The molecule has 1 aromatic carbocycles. The van der Waals surface area contributed by atoms with E-state index in [1.807, 2.05) is 0 Å². The predicted molar refractivity (Wildman–Crippen MR) is 99.6 cm³/mol. The van der Waals surface area contributed by atoms with Gasteiger partial charge < -0.3 is 0 Å². The Balaban J connectivity index is 1.53. The van der Waals surface area contributed by atoms with Crippen LogP contribution in [0, 0.1) is 17.3 Å². The topological polar surface area (TPSA) is 38.7 Å². The minimum atomic E-state index is -0.0318. The molecule has 0 aliphatic heterocycles. The van der Waals surface area contributed by atoms with Crippen molar-refractivity contribution in [1.29, 1.82) is 0 Å². The minimum absolute atomic E-state index is 0.0318. The Hall–Kier alpha value is -1.21. The van der Waals surface area contributed by atoms with E-state index in [9.17, 15) is 4.79 Å². The molecule has 0 radical (unpaired) electrons. The van der Waals surface area contributed by atoms with E-state index in [1.54, 1.807) is 0 Å². The van der Waals surface area contributed by atoms with E-state index in [1.165, 1.54) is 17.5 Å². The van der Waals surface area contributed by atoms with Gasteiger partial charge in [0.15, 0.2) is 0 Å². The van der Waals surface area contributed by atoms with Crippen molar-refractivity contribution in [3.63, 3.8) is 0 Å². The van der Waals surface area contributed by atoms with Gasteiger partial charge in [-0.1, -0.05) is 6.92 Å². The van der Waals surface area contributed by atoms with Gasteiger partial charge in [0.05, 0.1) is 0 Å². The summed E-state index contributed by atoms with van der Waals surface area (Å²) in [6.45, 7) is 3.45. The number of hydrogen-bond donors (Lipinski definition) is 0. The normalized spacial score (nSPS) is 33.0. The van der Waals surface area contributed by atoms with Crippen molar-refractivity contribution in [3.8, 4) is 5.75 Å². The second-order valence-corrected chi connectivity index (χ2v) is 8.40. The molecule has 3 aliphatic rings. The van der Waals surface area contributed by atoms with Crippen LogP contribution in [0.2, 0.25) is 0 Å². The summed E-state index contributed by atoms with van der Waals surface area (Å²) >= 11 is 2.64. The molecule has 0 N–H and O–H groups in total. The van der Waals surface area contributed by atoms with E-state index in [-0.39, 0.29) is 5.41 Å². The Morgan fingerprint density at radius 3 is 3.04 bits per heavy atom. The van der Waals surface area contributed by atoms with Crippen LogP contribution in [0.25, 0.3) is 0 Å². The molecule has 2 fully saturated rings. The average molecular weight is 402 g/mol. The van der Waals surface area contributed by atoms with Gasteiger partial charge in [-0.25, -0.2) is 0 Å². The van der Waals surface area contributed by atoms with Crippen molar-refractivity contribution in [2.45, 2.75) is 51.4 Å². The summed E-state index contributed by atoms with van der Waals surface area (Å²) < 4.78 is 8.47. The fourth-order valence-corrected chi connectivity index (χ4v) is 5.87. The molecule has 1 aromatic rings. The summed E-state index contributed by atoms with van der Waals surface area (Å²) in [7, 11) is 0. The molecule has 0 heterocycles. The van der Waals surface area contributed by atoms with E-state index in [0.717, 1.165) is 37.9 Å². The summed E-state index contributed by atoms with van der Waals surface area (Å²) in [4.78, 5) is 16.4. The predicted octanol–water partition coefficient (Wildman–Crippen LogP) is 3.56. The van der Waals surface area contributed by atoms with E-state index >= 15 is 0 Å². The third-order valence-corrected chi connectivity index (χ3v) is 7.21. The van der Waals surface area contributed by atoms with Gasteiger partial charge in [-0.2, -0.15) is 0 Å². The number of rotatable bonds is 4. The van der Waals surface area contributed by atoms with Crippen molar-refractivity contribution in [3.05, 3.63) is 29.3 Å². The molecular formula is C21H25NO2Se. The van der Waals surface area contributed by atoms with Crippen LogP contribution in [-0.4, -0.2) is 39.2 Å². The van der Waals surface area contributed by atoms with E-state index < -0.39 is 0 Å². The van der Waals surface area contributed by atoms with Crippen LogP contribution < -0.4 is 4.74 Å². The Kier molecular flexibility index (Phi) is 4.71. The molecular weight excluding hydrogens is 377 g/mol. The van der Waals surface area contributed by atoms with Gasteiger partial charge in [0.1, 0.15) is 5.78 Å². The van der Waals surface area contributed by atoms with E-state index in [4.69, 9.17) is 4.74 Å². The number of aryl methyl sites for hydroxylation is 1. The molecule has 0 bridgehead atoms. The van der Waals surface area contributed by atoms with Crippen LogP contribution in [0.1, 0.15) is 56.1 Å². The van der Waals surface area contributed by atoms with Crippen molar-refractivity contribution in [1.82, 2.24) is 0 Å². The SMILES string of the molecule is C[C@]12CC[C@@H]3c4ccc(OCCN=C=[Se])cc4CC[C@H]3[C@@H]1CCC2=O. The quantitative estimate of drug-likeness (QED) is 0.439. The fraction of sp³-hybridized carbons (Fsp3) is 0.619. The number of ether oxygens (including phenoxy) is 1. The van der Waals surface area contributed by atoms with Gasteiger partial charge in [0.2, 0.25) is 0 Å². The van der Waals surface area contributed by atoms with Gasteiger partial charge in [-0.15, -0.1) is 0 Å². The zero-order chi connectivity index (χ0) is 17.4. The standard InChI is InChI=1S/C21H25NO2Se/c1-21-9-8-17-16-5-3-15(24-11-10-22-13-25)12-14(16)2-4-18(17)19(21)6-7-20(21)23/h3,5,12,17-19H,2,4,6-11H2,1H3/t17-,18-,19+,21+/m1/s1. The Morgan fingerprint density at radius 1 is 1.32 bits per heavy atom. The summed E-state index contributed by atoms with van der Waals surface area (Å²) in [6, 6.07) is 6.62. The first-order chi connectivity index (χ1) is 12.1. The van der Waals surface area contributed by atoms with Crippen LogP contribution in [0.3, 0.4) is 0 Å². The van der Waals surface area contributed by atoms with Crippen molar-refractivity contribution in [2.75, 3.05) is 13.2 Å². The third kappa shape index (κ3) is 2.95. The van der Waals surface area contributed by atoms with Crippen LogP contribution in [0.15, 0.2) is 23.2 Å². The second-order valence-electron chi connectivity index (χ2n) is 8.02. The Labute approximate surface area is 157 Å². The summed E-state index contributed by atoms with van der Waals surface area (Å²) in [5.74, 6) is 3.40. The molecule has 132 valence electrons. The molecule has 0 amide bonds. The molecule has 4 atom stereocenters. The Bertz CT molecular complexity index is 739. The summed E-state index contributed by atoms with van der Waals surface area (Å²) in [5.41, 5.74) is 2.93. The van der Waals surface area contributed by atoms with Gasteiger partial charge in [-0.05, 0) is 6.42 Å². The molecule has 0 saturated heterocycles. The minimum Gasteiger partial charge on any atom is -0.299 e. The molecule has 25 heavy (non-hydrogen) atoms. The second kappa shape index (κ2) is 6.83. The molecule has 2 saturated carbocycles. The van der Waals surface area contributed by atoms with E-state index in [0.29, 0.717) is 36.7 Å². The Morgan fingerprint density at radius 2 is 2.20 bits per heavy atom. The number of nitrogens with zero attached hydrogens (tertiary/aromatic N) is 1.